The Labute approximate surface area is 86.9 Å². The Kier molecular flexibility index (Phi) is 2.75. The van der Waals surface area contributed by atoms with Crippen LogP contribution in [0.3, 0.4) is 0 Å². The zero-order chi connectivity index (χ0) is 10.8. The summed E-state index contributed by atoms with van der Waals surface area (Å²) in [4.78, 5) is 12.6. The molecule has 1 atom stereocenters. The highest BCUT2D eigenvalue weighted by atomic mass is 16.4. The molecular weight excluding hydrogens is 198 g/mol. The summed E-state index contributed by atoms with van der Waals surface area (Å²) in [5.41, 5.74) is 0. The van der Waals surface area contributed by atoms with E-state index in [1.165, 1.54) is 6.26 Å². The Morgan fingerprint density at radius 2 is 2.40 bits per heavy atom. The molecule has 2 heterocycles. The van der Waals surface area contributed by atoms with Crippen LogP contribution in [0.2, 0.25) is 0 Å². The number of nitrogens with zero attached hydrogens (tertiary/aromatic N) is 1. The van der Waals surface area contributed by atoms with Gasteiger partial charge in [0.25, 0.3) is 0 Å². The van der Waals surface area contributed by atoms with Crippen LogP contribution in [0.15, 0.2) is 22.8 Å². The van der Waals surface area contributed by atoms with Gasteiger partial charge in [-0.2, -0.15) is 0 Å². The fourth-order valence-corrected chi connectivity index (χ4v) is 1.80. The number of rotatable bonds is 4. The number of carboxylic acid groups (broad SMARTS) is 1. The van der Waals surface area contributed by atoms with E-state index in [4.69, 9.17) is 9.52 Å². The predicted molar refractivity (Wildman–Crippen MR) is 51.3 cm³/mol. The van der Waals surface area contributed by atoms with Crippen molar-refractivity contribution >= 4 is 5.97 Å². The van der Waals surface area contributed by atoms with Crippen molar-refractivity contribution in [3.05, 3.63) is 24.2 Å². The number of hydrogen-bond acceptors (Lipinski definition) is 4. The van der Waals surface area contributed by atoms with Crippen LogP contribution in [0, 0.1) is 0 Å². The van der Waals surface area contributed by atoms with Gasteiger partial charge in [-0.3, -0.25) is 9.69 Å². The summed E-state index contributed by atoms with van der Waals surface area (Å²) < 4.78 is 5.20. The van der Waals surface area contributed by atoms with E-state index >= 15 is 0 Å². The minimum Gasteiger partial charge on any atom is -0.481 e. The Morgan fingerprint density at radius 3 is 2.87 bits per heavy atom. The van der Waals surface area contributed by atoms with Gasteiger partial charge in [-0.15, -0.1) is 0 Å². The Morgan fingerprint density at radius 1 is 1.67 bits per heavy atom. The van der Waals surface area contributed by atoms with E-state index < -0.39 is 5.97 Å². The van der Waals surface area contributed by atoms with Gasteiger partial charge in [0.1, 0.15) is 5.76 Å². The van der Waals surface area contributed by atoms with Crippen molar-refractivity contribution in [3.8, 4) is 0 Å². The zero-order valence-corrected chi connectivity index (χ0v) is 8.17. The first-order valence-corrected chi connectivity index (χ1v) is 4.84. The molecular formula is C10H13NO4. The molecule has 2 rings (SSSR count). The largest absolute Gasteiger partial charge is 0.481 e. The number of likely N-dealkylation sites (tertiary alicyclic amines) is 1. The van der Waals surface area contributed by atoms with E-state index in [2.05, 4.69) is 0 Å². The molecule has 0 aliphatic carbocycles. The van der Waals surface area contributed by atoms with Gasteiger partial charge in [-0.25, -0.2) is 0 Å². The number of aliphatic hydroxyl groups is 1. The fourth-order valence-electron chi connectivity index (χ4n) is 1.80. The van der Waals surface area contributed by atoms with Crippen LogP contribution in [0.5, 0.6) is 0 Å². The second-order valence-corrected chi connectivity index (χ2v) is 3.74. The lowest BCUT2D eigenvalue weighted by molar-refractivity contribution is -0.140. The van der Waals surface area contributed by atoms with Crippen molar-refractivity contribution in [2.24, 2.45) is 0 Å². The van der Waals surface area contributed by atoms with E-state index in [-0.39, 0.29) is 18.6 Å². The maximum absolute atomic E-state index is 10.7. The average molecular weight is 211 g/mol. The lowest BCUT2D eigenvalue weighted by Crippen LogP contribution is -2.52. The molecule has 1 aliphatic heterocycles. The average Bonchev–Trinajstić information content (AvgIpc) is 2.61. The van der Waals surface area contributed by atoms with Crippen LogP contribution >= 0.6 is 0 Å². The number of furan rings is 1. The maximum Gasteiger partial charge on any atom is 0.305 e. The van der Waals surface area contributed by atoms with Crippen LogP contribution in [-0.2, 0) is 4.79 Å². The molecule has 5 nitrogen and oxygen atoms in total. The minimum absolute atomic E-state index is 0.000231. The van der Waals surface area contributed by atoms with Crippen LogP contribution in [-0.4, -0.2) is 40.3 Å². The van der Waals surface area contributed by atoms with Gasteiger partial charge in [-0.1, -0.05) is 0 Å². The van der Waals surface area contributed by atoms with Gasteiger partial charge >= 0.3 is 5.97 Å². The van der Waals surface area contributed by atoms with E-state index in [1.54, 1.807) is 12.1 Å². The highest BCUT2D eigenvalue weighted by Gasteiger charge is 2.34. The Balaban J connectivity index is 2.07. The summed E-state index contributed by atoms with van der Waals surface area (Å²) in [7, 11) is 0. The van der Waals surface area contributed by atoms with E-state index in [9.17, 15) is 9.90 Å². The van der Waals surface area contributed by atoms with Crippen LogP contribution in [0.1, 0.15) is 18.2 Å². The maximum atomic E-state index is 10.7. The second-order valence-electron chi connectivity index (χ2n) is 3.74. The third-order valence-corrected chi connectivity index (χ3v) is 2.57. The number of hydrogen-bond donors (Lipinski definition) is 2. The van der Waals surface area contributed by atoms with Gasteiger partial charge in [0.2, 0.25) is 0 Å². The van der Waals surface area contributed by atoms with Crippen molar-refractivity contribution in [1.29, 1.82) is 0 Å². The smallest absolute Gasteiger partial charge is 0.305 e. The molecule has 82 valence electrons. The summed E-state index contributed by atoms with van der Waals surface area (Å²) in [5, 5.41) is 18.0. The molecule has 0 amide bonds. The van der Waals surface area contributed by atoms with E-state index in [0.717, 1.165) is 0 Å². The molecule has 0 spiro atoms. The van der Waals surface area contributed by atoms with Gasteiger partial charge in [0.05, 0.1) is 24.8 Å². The normalized spacial score (nSPS) is 19.8. The van der Waals surface area contributed by atoms with E-state index in [0.29, 0.717) is 18.8 Å². The monoisotopic (exact) mass is 211 g/mol. The van der Waals surface area contributed by atoms with Crippen molar-refractivity contribution in [2.75, 3.05) is 13.1 Å². The van der Waals surface area contributed by atoms with E-state index in [1.807, 2.05) is 4.90 Å². The van der Waals surface area contributed by atoms with Crippen LogP contribution in [0.25, 0.3) is 0 Å². The first-order valence-electron chi connectivity index (χ1n) is 4.84. The van der Waals surface area contributed by atoms with Crippen molar-refractivity contribution < 1.29 is 19.4 Å². The molecule has 0 aromatic carbocycles. The molecule has 1 saturated heterocycles. The summed E-state index contributed by atoms with van der Waals surface area (Å²) in [6.45, 7) is 1.03. The first-order chi connectivity index (χ1) is 7.16. The molecule has 2 N–H and O–H groups in total. The first kappa shape index (κ1) is 10.2. The summed E-state index contributed by atoms with van der Waals surface area (Å²) in [5.74, 6) is -0.220. The van der Waals surface area contributed by atoms with Crippen LogP contribution in [0.4, 0.5) is 0 Å². The van der Waals surface area contributed by atoms with Gasteiger partial charge in [-0.05, 0) is 12.1 Å². The molecule has 1 aliphatic rings. The van der Waals surface area contributed by atoms with Crippen LogP contribution < -0.4 is 0 Å². The molecule has 0 bridgehead atoms. The standard InChI is InChI=1S/C10H13NO4/c12-7-5-11(6-7)8(4-10(13)14)9-2-1-3-15-9/h1-3,7-8,12H,4-6H2,(H,13,14). The highest BCUT2D eigenvalue weighted by molar-refractivity contribution is 5.67. The predicted octanol–water partition coefficient (Wildman–Crippen LogP) is 0.472. The number of carbonyl (C=O) groups is 1. The third kappa shape index (κ3) is 2.19. The quantitative estimate of drug-likeness (QED) is 0.757. The minimum atomic E-state index is -0.863. The van der Waals surface area contributed by atoms with Crippen molar-refractivity contribution in [3.63, 3.8) is 0 Å². The van der Waals surface area contributed by atoms with Gasteiger partial charge in [0.15, 0.2) is 0 Å². The second kappa shape index (κ2) is 4.04. The summed E-state index contributed by atoms with van der Waals surface area (Å²) >= 11 is 0. The molecule has 15 heavy (non-hydrogen) atoms. The third-order valence-electron chi connectivity index (χ3n) is 2.57. The lowest BCUT2D eigenvalue weighted by atomic mass is 10.0. The number of carboxylic acids is 1. The molecule has 1 unspecified atom stereocenters. The summed E-state index contributed by atoms with van der Waals surface area (Å²) in [6, 6.07) is 3.24. The Hall–Kier alpha value is -1.33. The fraction of sp³-hybridized carbons (Fsp3) is 0.500. The number of aliphatic hydroxyl groups excluding tert-OH is 1. The topological polar surface area (TPSA) is 73.9 Å². The molecule has 0 saturated carbocycles. The molecule has 5 heteroatoms. The molecule has 1 aromatic heterocycles. The number of β-amino-alcohol motifs (C(OH)–C–C–N with tert-alkyl or cyclic N) is 1. The molecule has 1 fully saturated rings. The summed E-state index contributed by atoms with van der Waals surface area (Å²) in [6.07, 6.45) is 1.19. The van der Waals surface area contributed by atoms with Gasteiger partial charge < -0.3 is 14.6 Å². The van der Waals surface area contributed by atoms with Gasteiger partial charge in [0, 0.05) is 13.1 Å². The molecule has 1 aromatic rings. The SMILES string of the molecule is O=C(O)CC(c1ccco1)N1CC(O)C1. The van der Waals surface area contributed by atoms with Crippen molar-refractivity contribution in [2.45, 2.75) is 18.6 Å². The Bertz CT molecular complexity index is 329. The molecule has 0 radical (unpaired) electrons. The van der Waals surface area contributed by atoms with Crippen molar-refractivity contribution in [1.82, 2.24) is 4.90 Å². The lowest BCUT2D eigenvalue weighted by Gasteiger charge is -2.40. The zero-order valence-electron chi connectivity index (χ0n) is 8.17. The number of aliphatic carboxylic acids is 1. The highest BCUT2D eigenvalue weighted by Crippen LogP contribution is 2.28.